The third kappa shape index (κ3) is 6.48. The Kier molecular flexibility index (Phi) is 7.94. The molecule has 31 heavy (non-hydrogen) atoms. The second-order valence-corrected chi connectivity index (χ2v) is 7.84. The Bertz CT molecular complexity index is 876. The summed E-state index contributed by atoms with van der Waals surface area (Å²) in [5.41, 5.74) is 13.3. The summed E-state index contributed by atoms with van der Waals surface area (Å²) >= 11 is 0. The highest BCUT2D eigenvalue weighted by Crippen LogP contribution is 2.22. The van der Waals surface area contributed by atoms with E-state index < -0.39 is 6.35 Å². The first-order chi connectivity index (χ1) is 15.0. The van der Waals surface area contributed by atoms with Gasteiger partial charge in [-0.25, -0.2) is 9.97 Å². The molecule has 0 radical (unpaired) electrons. The van der Waals surface area contributed by atoms with Crippen molar-refractivity contribution in [2.24, 2.45) is 11.5 Å². The van der Waals surface area contributed by atoms with Crippen LogP contribution in [0.4, 0.5) is 5.95 Å². The van der Waals surface area contributed by atoms with Gasteiger partial charge in [0.15, 0.2) is 6.35 Å². The number of nitrogens with one attached hydrogen (secondary N) is 4. The highest BCUT2D eigenvalue weighted by Gasteiger charge is 2.24. The van der Waals surface area contributed by atoms with Crippen molar-refractivity contribution in [2.75, 3.05) is 5.32 Å². The molecule has 0 aliphatic heterocycles. The summed E-state index contributed by atoms with van der Waals surface area (Å²) in [4.78, 5) is 8.70. The van der Waals surface area contributed by atoms with Gasteiger partial charge in [-0.15, -0.1) is 0 Å². The molecule has 0 saturated heterocycles. The van der Waals surface area contributed by atoms with Crippen molar-refractivity contribution >= 4 is 17.7 Å². The van der Waals surface area contributed by atoms with E-state index >= 15 is 0 Å². The van der Waals surface area contributed by atoms with Crippen LogP contribution in [0.3, 0.4) is 0 Å². The molecule has 1 saturated carbocycles. The number of hydrogen-bond donors (Lipinski definition) is 7. The maximum Gasteiger partial charge on any atom is 0.223 e. The summed E-state index contributed by atoms with van der Waals surface area (Å²) in [5.74, 6) is 0.549. The minimum absolute atomic E-state index is 0.0496. The van der Waals surface area contributed by atoms with Crippen molar-refractivity contribution in [1.29, 1.82) is 5.41 Å². The van der Waals surface area contributed by atoms with E-state index in [-0.39, 0.29) is 23.9 Å². The zero-order valence-electron chi connectivity index (χ0n) is 17.8. The molecule has 0 amide bonds. The number of rotatable bonds is 9. The van der Waals surface area contributed by atoms with Gasteiger partial charge in [-0.2, -0.15) is 0 Å². The van der Waals surface area contributed by atoms with Crippen LogP contribution in [0.15, 0.2) is 48.4 Å². The van der Waals surface area contributed by atoms with Gasteiger partial charge in [0.2, 0.25) is 5.95 Å². The van der Waals surface area contributed by atoms with Crippen LogP contribution >= 0.6 is 0 Å². The fourth-order valence-electron chi connectivity index (χ4n) is 3.82. The molecule has 9 N–H and O–H groups in total. The maximum atomic E-state index is 10.4. The summed E-state index contributed by atoms with van der Waals surface area (Å²) < 4.78 is 0. The number of hydrogen-bond acceptors (Lipinski definition) is 9. The minimum Gasteiger partial charge on any atom is -0.385 e. The standard InChI is InChI=1S/C22H32N8O/c1-14(15-5-3-2-4-6-15)27-22(31)29-17-9-7-16(8-10-17)28-21-26-12-11-19(30-21)18(13-23)20(24)25/h2-6,11-14,16-17,22-23,27,29,31H,7-10,24-25H2,1H3,(H,26,28,30)/t14-,16-,17+,22?/m1/s1. The molecule has 2 atom stereocenters. The Morgan fingerprint density at radius 1 is 1.13 bits per heavy atom. The molecule has 1 aromatic heterocycles. The number of nitrogens with zero attached hydrogens (tertiary/aromatic N) is 2. The smallest absolute Gasteiger partial charge is 0.223 e. The lowest BCUT2D eigenvalue weighted by atomic mass is 9.91. The molecule has 9 nitrogen and oxygen atoms in total. The molecule has 0 spiro atoms. The van der Waals surface area contributed by atoms with Gasteiger partial charge in [0.05, 0.1) is 11.3 Å². The molecular weight excluding hydrogens is 392 g/mol. The molecule has 166 valence electrons. The average molecular weight is 425 g/mol. The molecular formula is C22H32N8O. The van der Waals surface area contributed by atoms with E-state index in [9.17, 15) is 5.11 Å². The van der Waals surface area contributed by atoms with Crippen LogP contribution in [-0.4, -0.2) is 39.7 Å². The predicted octanol–water partition coefficient (Wildman–Crippen LogP) is 1.65. The highest BCUT2D eigenvalue weighted by atomic mass is 16.3. The van der Waals surface area contributed by atoms with Crippen molar-refractivity contribution in [3.63, 3.8) is 0 Å². The van der Waals surface area contributed by atoms with Crippen LogP contribution in [-0.2, 0) is 0 Å². The van der Waals surface area contributed by atoms with Crippen LogP contribution in [0.1, 0.15) is 49.9 Å². The molecule has 0 bridgehead atoms. The fourth-order valence-corrected chi connectivity index (χ4v) is 3.82. The Balaban J connectivity index is 1.47. The van der Waals surface area contributed by atoms with Gasteiger partial charge in [0.1, 0.15) is 5.82 Å². The van der Waals surface area contributed by atoms with Gasteiger partial charge in [-0.3, -0.25) is 10.6 Å². The average Bonchev–Trinajstić information content (AvgIpc) is 2.76. The SMILES string of the molecule is C[C@@H](NC(O)N[C@H]1CC[C@@H](Nc2nccc(C(C=N)=C(N)N)n2)CC1)c1ccccc1. The topological polar surface area (TPSA) is 158 Å². The van der Waals surface area contributed by atoms with Gasteiger partial charge in [0.25, 0.3) is 0 Å². The van der Waals surface area contributed by atoms with Crippen LogP contribution in [0.5, 0.6) is 0 Å². The zero-order valence-corrected chi connectivity index (χ0v) is 17.8. The van der Waals surface area contributed by atoms with E-state index in [1.165, 1.54) is 0 Å². The Labute approximate surface area is 182 Å². The molecule has 1 fully saturated rings. The Hall–Kier alpha value is -3.01. The quantitative estimate of drug-likeness (QED) is 0.236. The number of benzene rings is 1. The summed E-state index contributed by atoms with van der Waals surface area (Å²) in [7, 11) is 0. The summed E-state index contributed by atoms with van der Waals surface area (Å²) in [5, 5.41) is 27.7. The third-order valence-electron chi connectivity index (χ3n) is 5.55. The van der Waals surface area contributed by atoms with Crippen LogP contribution in [0.25, 0.3) is 5.57 Å². The van der Waals surface area contributed by atoms with Gasteiger partial charge in [0, 0.05) is 30.5 Å². The van der Waals surface area contributed by atoms with E-state index in [2.05, 4.69) is 25.9 Å². The number of aliphatic hydroxyl groups is 1. The lowest BCUT2D eigenvalue weighted by Gasteiger charge is -2.32. The monoisotopic (exact) mass is 424 g/mol. The van der Waals surface area contributed by atoms with Crippen molar-refractivity contribution in [3.8, 4) is 0 Å². The minimum atomic E-state index is -0.766. The molecule has 1 heterocycles. The first-order valence-electron chi connectivity index (χ1n) is 10.6. The largest absolute Gasteiger partial charge is 0.385 e. The molecule has 1 aromatic carbocycles. The third-order valence-corrected chi connectivity index (χ3v) is 5.55. The highest BCUT2D eigenvalue weighted by molar-refractivity contribution is 6.08. The van der Waals surface area contributed by atoms with Crippen molar-refractivity contribution in [3.05, 3.63) is 59.7 Å². The van der Waals surface area contributed by atoms with E-state index in [1.807, 2.05) is 37.3 Å². The first-order valence-corrected chi connectivity index (χ1v) is 10.6. The molecule has 1 unspecified atom stereocenters. The van der Waals surface area contributed by atoms with Gasteiger partial charge in [-0.1, -0.05) is 30.3 Å². The predicted molar refractivity (Wildman–Crippen MR) is 123 cm³/mol. The van der Waals surface area contributed by atoms with Crippen LogP contribution in [0.2, 0.25) is 0 Å². The second kappa shape index (κ2) is 10.9. The van der Waals surface area contributed by atoms with E-state index in [4.69, 9.17) is 16.9 Å². The lowest BCUT2D eigenvalue weighted by Crippen LogP contribution is -2.49. The van der Waals surface area contributed by atoms with E-state index in [0.717, 1.165) is 37.5 Å². The normalized spacial score (nSPS) is 20.5. The molecule has 1 aliphatic carbocycles. The molecule has 2 aromatic rings. The van der Waals surface area contributed by atoms with Crippen LogP contribution in [0, 0.1) is 5.41 Å². The first kappa shape index (κ1) is 22.7. The van der Waals surface area contributed by atoms with Crippen molar-refractivity contribution < 1.29 is 5.11 Å². The van der Waals surface area contributed by atoms with Gasteiger partial charge in [-0.05, 0) is 44.2 Å². The van der Waals surface area contributed by atoms with Crippen molar-refractivity contribution in [2.45, 2.75) is 57.1 Å². The number of nitrogens with two attached hydrogens (primary N) is 2. The Morgan fingerprint density at radius 3 is 2.45 bits per heavy atom. The number of allylic oxidation sites excluding steroid dienone is 1. The summed E-state index contributed by atoms with van der Waals surface area (Å²) in [6.45, 7) is 2.03. The Morgan fingerprint density at radius 2 is 1.81 bits per heavy atom. The van der Waals surface area contributed by atoms with E-state index in [1.54, 1.807) is 12.3 Å². The summed E-state index contributed by atoms with van der Waals surface area (Å²) in [6.07, 6.45) is 5.67. The van der Waals surface area contributed by atoms with Gasteiger partial charge < -0.3 is 27.3 Å². The number of aromatic nitrogens is 2. The zero-order chi connectivity index (χ0) is 22.2. The maximum absolute atomic E-state index is 10.4. The second-order valence-electron chi connectivity index (χ2n) is 7.84. The van der Waals surface area contributed by atoms with E-state index in [0.29, 0.717) is 17.2 Å². The molecule has 3 rings (SSSR count). The number of aliphatic hydroxyl groups excluding tert-OH is 1. The number of anilines is 1. The summed E-state index contributed by atoms with van der Waals surface area (Å²) in [6, 6.07) is 12.3. The molecule has 9 heteroatoms. The fraction of sp³-hybridized carbons (Fsp3) is 0.409. The molecule has 1 aliphatic rings. The van der Waals surface area contributed by atoms with Crippen LogP contribution < -0.4 is 27.4 Å². The van der Waals surface area contributed by atoms with Crippen molar-refractivity contribution in [1.82, 2.24) is 20.6 Å². The lowest BCUT2D eigenvalue weighted by molar-refractivity contribution is 0.0704. The van der Waals surface area contributed by atoms with Gasteiger partial charge >= 0.3 is 0 Å².